The predicted octanol–water partition coefficient (Wildman–Crippen LogP) is 1.46. The van der Waals surface area contributed by atoms with E-state index >= 15 is 0 Å². The van der Waals surface area contributed by atoms with Crippen LogP contribution in [0.15, 0.2) is 24.3 Å². The molecule has 0 saturated carbocycles. The van der Waals surface area contributed by atoms with Gasteiger partial charge in [0.25, 0.3) is 5.91 Å². The number of likely N-dealkylation sites (tertiary alicyclic amines) is 1. The van der Waals surface area contributed by atoms with Crippen molar-refractivity contribution < 1.29 is 9.59 Å². The highest BCUT2D eigenvalue weighted by molar-refractivity contribution is 5.97. The molecule has 0 radical (unpaired) electrons. The molecule has 4 heteroatoms. The van der Waals surface area contributed by atoms with Gasteiger partial charge in [0, 0.05) is 24.2 Å². The summed E-state index contributed by atoms with van der Waals surface area (Å²) in [7, 11) is 0. The summed E-state index contributed by atoms with van der Waals surface area (Å²) < 4.78 is 0. The molecule has 4 nitrogen and oxygen atoms in total. The fourth-order valence-electron chi connectivity index (χ4n) is 1.98. The molecule has 0 atom stereocenters. The average molecular weight is 232 g/mol. The number of ketones is 1. The zero-order chi connectivity index (χ0) is 12.3. The molecule has 2 N–H and O–H groups in total. The number of nitrogens with two attached hydrogens (primary N) is 1. The van der Waals surface area contributed by atoms with Gasteiger partial charge in [-0.1, -0.05) is 0 Å². The fraction of sp³-hybridized carbons (Fsp3) is 0.385. The van der Waals surface area contributed by atoms with Gasteiger partial charge in [-0.15, -0.1) is 0 Å². The van der Waals surface area contributed by atoms with Crippen molar-refractivity contribution in [3.8, 4) is 0 Å². The normalized spacial score (nSPS) is 16.7. The lowest BCUT2D eigenvalue weighted by Gasteiger charge is -2.19. The molecule has 17 heavy (non-hydrogen) atoms. The Hall–Kier alpha value is -1.84. The van der Waals surface area contributed by atoms with E-state index in [1.165, 1.54) is 0 Å². The molecule has 2 rings (SSSR count). The summed E-state index contributed by atoms with van der Waals surface area (Å²) in [5, 5.41) is 0. The molecular weight excluding hydrogens is 216 g/mol. The Labute approximate surface area is 100 Å². The van der Waals surface area contributed by atoms with Crippen molar-refractivity contribution in [2.24, 2.45) is 0 Å². The number of nitrogens with zero attached hydrogens (tertiary/aromatic N) is 1. The van der Waals surface area contributed by atoms with E-state index in [0.717, 1.165) is 12.8 Å². The van der Waals surface area contributed by atoms with Crippen molar-refractivity contribution in [2.75, 3.05) is 18.8 Å². The topological polar surface area (TPSA) is 63.4 Å². The third kappa shape index (κ3) is 2.84. The Morgan fingerprint density at radius 2 is 1.88 bits per heavy atom. The van der Waals surface area contributed by atoms with E-state index in [2.05, 4.69) is 0 Å². The number of Topliss-reactive ketones (excluding diaryl/α,β-unsaturated/α-hetero) is 1. The summed E-state index contributed by atoms with van der Waals surface area (Å²) in [4.78, 5) is 25.2. The van der Waals surface area contributed by atoms with Crippen molar-refractivity contribution in [3.63, 3.8) is 0 Å². The predicted molar refractivity (Wildman–Crippen MR) is 65.6 cm³/mol. The fourth-order valence-corrected chi connectivity index (χ4v) is 1.98. The monoisotopic (exact) mass is 232 g/mol. The van der Waals surface area contributed by atoms with Crippen molar-refractivity contribution in [1.82, 2.24) is 4.90 Å². The molecule has 1 aliphatic rings. The largest absolute Gasteiger partial charge is 0.399 e. The second-order valence-electron chi connectivity index (χ2n) is 4.34. The number of hydrogen-bond donors (Lipinski definition) is 1. The van der Waals surface area contributed by atoms with Gasteiger partial charge in [-0.3, -0.25) is 9.59 Å². The van der Waals surface area contributed by atoms with E-state index in [-0.39, 0.29) is 18.2 Å². The molecule has 0 aliphatic carbocycles. The maximum atomic E-state index is 12.1. The number of hydrogen-bond acceptors (Lipinski definition) is 3. The van der Waals surface area contributed by atoms with Crippen LogP contribution in [0.25, 0.3) is 0 Å². The van der Waals surface area contributed by atoms with E-state index in [1.54, 1.807) is 29.2 Å². The van der Waals surface area contributed by atoms with Crippen molar-refractivity contribution in [2.45, 2.75) is 19.3 Å². The Morgan fingerprint density at radius 3 is 2.59 bits per heavy atom. The van der Waals surface area contributed by atoms with Crippen LogP contribution in [-0.4, -0.2) is 29.7 Å². The summed E-state index contributed by atoms with van der Waals surface area (Å²) in [6.45, 7) is 0.901. The lowest BCUT2D eigenvalue weighted by atomic mass is 10.2. The molecule has 0 spiro atoms. The second-order valence-corrected chi connectivity index (χ2v) is 4.34. The van der Waals surface area contributed by atoms with Crippen LogP contribution in [0.2, 0.25) is 0 Å². The first-order valence-electron chi connectivity index (χ1n) is 5.83. The Morgan fingerprint density at radius 1 is 1.18 bits per heavy atom. The van der Waals surface area contributed by atoms with Gasteiger partial charge >= 0.3 is 0 Å². The number of carbonyl (C=O) groups excluding carboxylic acids is 2. The summed E-state index contributed by atoms with van der Waals surface area (Å²) in [6, 6.07) is 6.81. The van der Waals surface area contributed by atoms with Gasteiger partial charge in [-0.05, 0) is 37.1 Å². The molecule has 90 valence electrons. The molecule has 0 aromatic heterocycles. The van der Waals surface area contributed by atoms with Gasteiger partial charge in [-0.25, -0.2) is 0 Å². The summed E-state index contributed by atoms with van der Waals surface area (Å²) in [6.07, 6.45) is 2.36. The minimum Gasteiger partial charge on any atom is -0.399 e. The Balaban J connectivity index is 2.13. The SMILES string of the molecule is Nc1ccc(C(=O)N2CCCCC(=O)C2)cc1. The zero-order valence-electron chi connectivity index (χ0n) is 9.69. The lowest BCUT2D eigenvalue weighted by Crippen LogP contribution is -2.34. The number of benzene rings is 1. The van der Waals surface area contributed by atoms with Gasteiger partial charge in [0.2, 0.25) is 0 Å². The lowest BCUT2D eigenvalue weighted by molar-refractivity contribution is -0.119. The first-order valence-corrected chi connectivity index (χ1v) is 5.83. The standard InChI is InChI=1S/C13H16N2O2/c14-11-6-4-10(5-7-11)13(17)15-8-2-1-3-12(16)9-15/h4-7H,1-3,8-9,14H2. The zero-order valence-corrected chi connectivity index (χ0v) is 9.69. The van der Waals surface area contributed by atoms with Crippen LogP contribution in [0.5, 0.6) is 0 Å². The average Bonchev–Trinajstić information content (AvgIpc) is 2.54. The molecule has 1 saturated heterocycles. The third-order valence-corrected chi connectivity index (χ3v) is 2.95. The van der Waals surface area contributed by atoms with Crippen molar-refractivity contribution in [3.05, 3.63) is 29.8 Å². The van der Waals surface area contributed by atoms with E-state index < -0.39 is 0 Å². The molecule has 0 unspecified atom stereocenters. The number of nitrogen functional groups attached to an aromatic ring is 1. The van der Waals surface area contributed by atoms with Gasteiger partial charge in [0.15, 0.2) is 5.78 Å². The van der Waals surface area contributed by atoms with E-state index in [1.807, 2.05) is 0 Å². The van der Waals surface area contributed by atoms with Gasteiger partial charge < -0.3 is 10.6 Å². The molecule has 1 fully saturated rings. The van der Waals surface area contributed by atoms with Crippen LogP contribution >= 0.6 is 0 Å². The molecule has 1 aromatic rings. The number of anilines is 1. The molecule has 1 heterocycles. The van der Waals surface area contributed by atoms with Crippen LogP contribution in [-0.2, 0) is 4.79 Å². The number of carbonyl (C=O) groups is 2. The highest BCUT2D eigenvalue weighted by atomic mass is 16.2. The minimum atomic E-state index is -0.0831. The number of amides is 1. The Kier molecular flexibility index (Phi) is 3.42. The van der Waals surface area contributed by atoms with Crippen LogP contribution in [0.3, 0.4) is 0 Å². The van der Waals surface area contributed by atoms with Gasteiger partial charge in [-0.2, -0.15) is 0 Å². The van der Waals surface area contributed by atoms with Crippen LogP contribution in [0.4, 0.5) is 5.69 Å². The van der Waals surface area contributed by atoms with Crippen LogP contribution in [0.1, 0.15) is 29.6 Å². The minimum absolute atomic E-state index is 0.0831. The smallest absolute Gasteiger partial charge is 0.254 e. The summed E-state index contributed by atoms with van der Waals surface area (Å²) >= 11 is 0. The van der Waals surface area contributed by atoms with Gasteiger partial charge in [0.05, 0.1) is 6.54 Å². The highest BCUT2D eigenvalue weighted by Gasteiger charge is 2.20. The summed E-state index contributed by atoms with van der Waals surface area (Å²) in [5.74, 6) is 0.0616. The molecule has 1 aromatic carbocycles. The van der Waals surface area contributed by atoms with Crippen LogP contribution < -0.4 is 5.73 Å². The molecular formula is C13H16N2O2. The quantitative estimate of drug-likeness (QED) is 0.746. The van der Waals surface area contributed by atoms with Crippen molar-refractivity contribution >= 4 is 17.4 Å². The number of rotatable bonds is 1. The molecule has 0 bridgehead atoms. The molecule has 1 aliphatic heterocycles. The second kappa shape index (κ2) is 4.99. The first-order chi connectivity index (χ1) is 8.16. The van der Waals surface area contributed by atoms with Crippen molar-refractivity contribution in [1.29, 1.82) is 0 Å². The third-order valence-electron chi connectivity index (χ3n) is 2.95. The summed E-state index contributed by atoms with van der Waals surface area (Å²) in [5.41, 5.74) is 6.80. The maximum Gasteiger partial charge on any atom is 0.254 e. The maximum absolute atomic E-state index is 12.1. The van der Waals surface area contributed by atoms with E-state index in [9.17, 15) is 9.59 Å². The first kappa shape index (κ1) is 11.6. The van der Waals surface area contributed by atoms with E-state index in [0.29, 0.717) is 24.2 Å². The highest BCUT2D eigenvalue weighted by Crippen LogP contribution is 2.13. The van der Waals surface area contributed by atoms with E-state index in [4.69, 9.17) is 5.73 Å². The molecule has 1 amide bonds. The Bertz CT molecular complexity index is 426. The van der Waals surface area contributed by atoms with Gasteiger partial charge in [0.1, 0.15) is 0 Å². The van der Waals surface area contributed by atoms with Crippen LogP contribution in [0, 0.1) is 0 Å².